The van der Waals surface area contributed by atoms with E-state index in [1.54, 1.807) is 18.2 Å². The zero-order chi connectivity index (χ0) is 18.7. The summed E-state index contributed by atoms with van der Waals surface area (Å²) in [5.41, 5.74) is -0.00407. The lowest BCUT2D eigenvalue weighted by Gasteiger charge is -2.36. The first-order chi connectivity index (χ1) is 11.7. The maximum absolute atomic E-state index is 10.7. The molecule has 5 atom stereocenters. The highest BCUT2D eigenvalue weighted by atomic mass is 16.6. The molecule has 25 heavy (non-hydrogen) atoms. The Labute approximate surface area is 139 Å². The summed E-state index contributed by atoms with van der Waals surface area (Å²) < 4.78 is 9.17. The minimum Gasteiger partial charge on any atom is -0.508 e. The highest BCUT2D eigenvalue weighted by Gasteiger charge is 2.46. The molecule has 1 unspecified atom stereocenters. The van der Waals surface area contributed by atoms with Crippen LogP contribution in [0.5, 0.6) is 5.75 Å². The number of phenols is 1. The second kappa shape index (κ2) is 7.59. The van der Waals surface area contributed by atoms with E-state index < -0.39 is 42.3 Å². The fraction of sp³-hybridized carbons (Fsp3) is 0.333. The van der Waals surface area contributed by atoms with Crippen LogP contribution < -0.4 is 5.63 Å². The molecule has 0 bridgehead atoms. The van der Waals surface area contributed by atoms with Gasteiger partial charge in [0.1, 0.15) is 29.6 Å². The van der Waals surface area contributed by atoms with E-state index >= 15 is 0 Å². The van der Waals surface area contributed by atoms with Crippen LogP contribution in [0, 0.1) is 0 Å². The number of hydrogen-bond donors (Lipinski definition) is 6. The fourth-order valence-electron chi connectivity index (χ4n) is 2.11. The smallest absolute Gasteiger partial charge is 0.336 e. The number of benzene rings is 1. The minimum atomic E-state index is -1.81. The zero-order valence-electron chi connectivity index (χ0n) is 12.6. The third-order valence-corrected chi connectivity index (χ3v) is 3.44. The highest BCUT2D eigenvalue weighted by Crippen LogP contribution is 2.19. The average molecular weight is 356 g/mol. The van der Waals surface area contributed by atoms with Crippen LogP contribution in [0.2, 0.25) is 0 Å². The molecular weight excluding hydrogens is 340 g/mol. The quantitative estimate of drug-likeness (QED) is 0.325. The Morgan fingerprint density at radius 3 is 2.24 bits per heavy atom. The molecule has 0 aliphatic carbocycles. The molecule has 1 saturated heterocycles. The highest BCUT2D eigenvalue weighted by molar-refractivity contribution is 5.77. The second-order valence-corrected chi connectivity index (χ2v) is 5.23. The molecule has 6 N–H and O–H groups in total. The van der Waals surface area contributed by atoms with Gasteiger partial charge in [-0.15, -0.1) is 0 Å². The van der Waals surface area contributed by atoms with Gasteiger partial charge in [-0.05, 0) is 18.2 Å². The number of phenolic OH excluding ortho intramolecular Hbond substituents is 1. The molecule has 10 nitrogen and oxygen atoms in total. The third kappa shape index (κ3) is 4.32. The summed E-state index contributed by atoms with van der Waals surface area (Å²) in [4.78, 5) is 21.1. The van der Waals surface area contributed by atoms with Crippen molar-refractivity contribution >= 4 is 16.9 Å². The molecule has 2 heterocycles. The summed E-state index contributed by atoms with van der Waals surface area (Å²) in [6, 6.07) is 7.65. The molecule has 1 aliphatic rings. The number of ether oxygens (including phenoxy) is 1. The van der Waals surface area contributed by atoms with E-state index in [4.69, 9.17) is 35.1 Å². The SMILES string of the molecule is O=C(O)[C@H]1OC(O)[C@H](O)[C@@H](O)[C@@H]1O.O=c1ccc2ccc(O)cc2o1. The Hall–Kier alpha value is -2.50. The summed E-state index contributed by atoms with van der Waals surface area (Å²) in [6.07, 6.45) is -8.72. The van der Waals surface area contributed by atoms with Crippen molar-refractivity contribution in [1.29, 1.82) is 0 Å². The Morgan fingerprint density at radius 1 is 0.960 bits per heavy atom. The van der Waals surface area contributed by atoms with Crippen LogP contribution in [0.1, 0.15) is 0 Å². The number of carbonyl (C=O) groups is 1. The van der Waals surface area contributed by atoms with Crippen molar-refractivity contribution in [2.24, 2.45) is 0 Å². The van der Waals surface area contributed by atoms with Gasteiger partial charge in [0.25, 0.3) is 0 Å². The van der Waals surface area contributed by atoms with Crippen LogP contribution in [0.25, 0.3) is 11.0 Å². The van der Waals surface area contributed by atoms with E-state index in [0.29, 0.717) is 5.58 Å². The lowest BCUT2D eigenvalue weighted by atomic mass is 9.99. The topological polar surface area (TPSA) is 178 Å². The molecule has 1 aromatic carbocycles. The van der Waals surface area contributed by atoms with Crippen LogP contribution in [-0.2, 0) is 9.53 Å². The summed E-state index contributed by atoms with van der Waals surface area (Å²) in [5, 5.41) is 54.2. The fourth-order valence-corrected chi connectivity index (χ4v) is 2.11. The predicted octanol–water partition coefficient (Wildman–Crippen LogP) is -1.63. The van der Waals surface area contributed by atoms with Gasteiger partial charge in [-0.25, -0.2) is 9.59 Å². The van der Waals surface area contributed by atoms with Crippen molar-refractivity contribution in [3.05, 3.63) is 40.8 Å². The molecule has 10 heteroatoms. The van der Waals surface area contributed by atoms with E-state index in [1.807, 2.05) is 0 Å². The van der Waals surface area contributed by atoms with E-state index in [0.717, 1.165) is 5.39 Å². The third-order valence-electron chi connectivity index (χ3n) is 3.44. The van der Waals surface area contributed by atoms with E-state index in [-0.39, 0.29) is 5.75 Å². The normalized spacial score (nSPS) is 28.9. The van der Waals surface area contributed by atoms with Gasteiger partial charge in [0.2, 0.25) is 0 Å². The number of aliphatic hydroxyl groups is 4. The Morgan fingerprint density at radius 2 is 1.60 bits per heavy atom. The first-order valence-electron chi connectivity index (χ1n) is 7.04. The second-order valence-electron chi connectivity index (χ2n) is 5.23. The standard InChI is InChI=1S/C9H6O3.C6H10O7/c10-7-3-1-6-2-4-9(11)12-8(6)5-7;7-1-2(8)4(5(10)11)13-6(12)3(1)9/h1-5,10H;1-4,6-9,12H,(H,10,11)/t;1-,2-,3+,4-,6?/m.0/s1. The van der Waals surface area contributed by atoms with Gasteiger partial charge in [0, 0.05) is 17.5 Å². The van der Waals surface area contributed by atoms with Gasteiger partial charge in [0.05, 0.1) is 0 Å². The van der Waals surface area contributed by atoms with E-state index in [1.165, 1.54) is 12.1 Å². The molecular formula is C15H16O10. The van der Waals surface area contributed by atoms with E-state index in [9.17, 15) is 9.59 Å². The van der Waals surface area contributed by atoms with Gasteiger partial charge in [-0.2, -0.15) is 0 Å². The summed E-state index contributed by atoms with van der Waals surface area (Å²) >= 11 is 0. The Bertz CT molecular complexity index is 800. The maximum atomic E-state index is 10.7. The number of carboxylic acids is 1. The molecule has 2 aromatic rings. The lowest BCUT2D eigenvalue weighted by molar-refractivity contribution is -0.279. The average Bonchev–Trinajstić information content (AvgIpc) is 2.56. The maximum Gasteiger partial charge on any atom is 0.336 e. The number of aromatic hydroxyl groups is 1. The largest absolute Gasteiger partial charge is 0.508 e. The Kier molecular flexibility index (Phi) is 5.72. The first kappa shape index (κ1) is 18.8. The van der Waals surface area contributed by atoms with Gasteiger partial charge < -0.3 is 39.8 Å². The molecule has 1 fully saturated rings. The van der Waals surface area contributed by atoms with Crippen molar-refractivity contribution < 1.29 is 44.6 Å². The molecule has 1 aliphatic heterocycles. The molecule has 0 spiro atoms. The lowest BCUT2D eigenvalue weighted by Crippen LogP contribution is -2.59. The van der Waals surface area contributed by atoms with Gasteiger partial charge >= 0.3 is 11.6 Å². The summed E-state index contributed by atoms with van der Waals surface area (Å²) in [6.45, 7) is 0. The molecule has 136 valence electrons. The molecule has 1 aromatic heterocycles. The Balaban J connectivity index is 0.000000181. The summed E-state index contributed by atoms with van der Waals surface area (Å²) in [7, 11) is 0. The number of aliphatic carboxylic acids is 1. The molecule has 0 saturated carbocycles. The van der Waals surface area contributed by atoms with Crippen molar-refractivity contribution in [1.82, 2.24) is 0 Å². The van der Waals surface area contributed by atoms with Crippen LogP contribution in [-0.4, -0.2) is 67.3 Å². The zero-order valence-corrected chi connectivity index (χ0v) is 12.6. The van der Waals surface area contributed by atoms with Crippen LogP contribution in [0.3, 0.4) is 0 Å². The monoisotopic (exact) mass is 356 g/mol. The van der Waals surface area contributed by atoms with Gasteiger partial charge in [0.15, 0.2) is 12.4 Å². The van der Waals surface area contributed by atoms with Crippen LogP contribution in [0.15, 0.2) is 39.5 Å². The number of carboxylic acid groups (broad SMARTS) is 1. The molecule has 0 amide bonds. The number of fused-ring (bicyclic) bond motifs is 1. The summed E-state index contributed by atoms with van der Waals surface area (Å²) in [5.74, 6) is -1.42. The number of aliphatic hydroxyl groups excluding tert-OH is 4. The van der Waals surface area contributed by atoms with Gasteiger partial charge in [-0.3, -0.25) is 0 Å². The van der Waals surface area contributed by atoms with Crippen molar-refractivity contribution in [2.45, 2.75) is 30.7 Å². The van der Waals surface area contributed by atoms with Crippen molar-refractivity contribution in [3.63, 3.8) is 0 Å². The first-order valence-corrected chi connectivity index (χ1v) is 7.04. The van der Waals surface area contributed by atoms with Crippen LogP contribution >= 0.6 is 0 Å². The van der Waals surface area contributed by atoms with Crippen LogP contribution in [0.4, 0.5) is 0 Å². The van der Waals surface area contributed by atoms with E-state index in [2.05, 4.69) is 4.74 Å². The van der Waals surface area contributed by atoms with Crippen molar-refractivity contribution in [3.8, 4) is 5.75 Å². The van der Waals surface area contributed by atoms with Gasteiger partial charge in [-0.1, -0.05) is 0 Å². The van der Waals surface area contributed by atoms with Crippen molar-refractivity contribution in [2.75, 3.05) is 0 Å². The minimum absolute atomic E-state index is 0.0943. The molecule has 0 radical (unpaired) electrons. The number of rotatable bonds is 1. The predicted molar refractivity (Wildman–Crippen MR) is 80.7 cm³/mol. The molecule has 3 rings (SSSR count). The number of hydrogen-bond acceptors (Lipinski definition) is 9.